The first-order valence-electron chi connectivity index (χ1n) is 8.75. The van der Waals surface area contributed by atoms with Crippen molar-refractivity contribution in [3.8, 4) is 0 Å². The molecule has 21 heavy (non-hydrogen) atoms. The molecule has 0 radical (unpaired) electrons. The summed E-state index contributed by atoms with van der Waals surface area (Å²) in [6.45, 7) is 2.98. The van der Waals surface area contributed by atoms with E-state index in [4.69, 9.17) is 0 Å². The number of benzene rings is 1. The summed E-state index contributed by atoms with van der Waals surface area (Å²) in [5, 5.41) is 11.2. The fourth-order valence-corrected chi connectivity index (χ4v) is 4.28. The van der Waals surface area contributed by atoms with Crippen LogP contribution < -0.4 is 0 Å². The molecule has 2 nitrogen and oxygen atoms in total. The van der Waals surface area contributed by atoms with Gasteiger partial charge >= 0.3 is 0 Å². The summed E-state index contributed by atoms with van der Waals surface area (Å²) in [6, 6.07) is 10.7. The molecule has 2 aliphatic rings. The maximum absolute atomic E-state index is 11.2. The van der Waals surface area contributed by atoms with Gasteiger partial charge in [0, 0.05) is 13.1 Å². The minimum absolute atomic E-state index is 0.433. The van der Waals surface area contributed by atoms with Crippen LogP contribution in [-0.2, 0) is 6.54 Å². The maximum Gasteiger partial charge on any atom is 0.0802 e. The number of nitrogens with zero attached hydrogens (tertiary/aromatic N) is 1. The first-order chi connectivity index (χ1) is 10.3. The lowest BCUT2D eigenvalue weighted by molar-refractivity contribution is -0.0808. The van der Waals surface area contributed by atoms with E-state index in [1.54, 1.807) is 0 Å². The molecule has 1 heterocycles. The second kappa shape index (κ2) is 6.93. The Labute approximate surface area is 129 Å². The third-order valence-electron chi connectivity index (χ3n) is 5.45. The van der Waals surface area contributed by atoms with Crippen LogP contribution in [0.4, 0.5) is 0 Å². The number of piperidine rings is 1. The highest BCUT2D eigenvalue weighted by atomic mass is 16.3. The van der Waals surface area contributed by atoms with Crippen molar-refractivity contribution in [1.29, 1.82) is 0 Å². The number of likely N-dealkylation sites (tertiary alicyclic amines) is 1. The SMILES string of the molecule is OC1(C2CCCCCC2)CCCN(Cc2ccccc2)C1. The predicted molar refractivity (Wildman–Crippen MR) is 87.1 cm³/mol. The van der Waals surface area contributed by atoms with Gasteiger partial charge < -0.3 is 5.11 Å². The van der Waals surface area contributed by atoms with Crippen LogP contribution >= 0.6 is 0 Å². The van der Waals surface area contributed by atoms with E-state index in [0.717, 1.165) is 32.5 Å². The van der Waals surface area contributed by atoms with Crippen molar-refractivity contribution in [2.45, 2.75) is 63.5 Å². The lowest BCUT2D eigenvalue weighted by Crippen LogP contribution is -2.52. The first kappa shape index (κ1) is 15.1. The lowest BCUT2D eigenvalue weighted by atomic mass is 9.77. The van der Waals surface area contributed by atoms with E-state index >= 15 is 0 Å². The number of hydrogen-bond donors (Lipinski definition) is 1. The van der Waals surface area contributed by atoms with E-state index in [1.165, 1.54) is 44.1 Å². The number of rotatable bonds is 3. The zero-order valence-corrected chi connectivity index (χ0v) is 13.1. The average molecular weight is 287 g/mol. The van der Waals surface area contributed by atoms with Crippen LogP contribution in [0.1, 0.15) is 56.9 Å². The summed E-state index contributed by atoms with van der Waals surface area (Å²) < 4.78 is 0. The molecule has 116 valence electrons. The third-order valence-corrected chi connectivity index (χ3v) is 5.45. The Bertz CT molecular complexity index is 424. The molecule has 0 amide bonds. The first-order valence-corrected chi connectivity index (χ1v) is 8.75. The van der Waals surface area contributed by atoms with Crippen molar-refractivity contribution in [3.05, 3.63) is 35.9 Å². The van der Waals surface area contributed by atoms with E-state index in [1.807, 2.05) is 0 Å². The number of hydrogen-bond acceptors (Lipinski definition) is 2. The Morgan fingerprint density at radius 1 is 1.00 bits per heavy atom. The molecule has 1 aromatic carbocycles. The second-order valence-electron chi connectivity index (χ2n) is 7.09. The summed E-state index contributed by atoms with van der Waals surface area (Å²) in [5.41, 5.74) is 0.930. The standard InChI is InChI=1S/C19H29NO/c21-19(18-11-6-1-2-7-12-18)13-8-14-20(16-19)15-17-9-4-3-5-10-17/h3-5,9-10,18,21H,1-2,6-8,11-16H2. The number of aliphatic hydroxyl groups is 1. The molecule has 0 aromatic heterocycles. The molecule has 3 rings (SSSR count). The molecule has 2 heteroatoms. The highest BCUT2D eigenvalue weighted by Crippen LogP contribution is 2.37. The minimum Gasteiger partial charge on any atom is -0.388 e. The minimum atomic E-state index is -0.433. The van der Waals surface area contributed by atoms with Crippen LogP contribution in [0, 0.1) is 5.92 Å². The van der Waals surface area contributed by atoms with Crippen molar-refractivity contribution in [2.75, 3.05) is 13.1 Å². The van der Waals surface area contributed by atoms with Gasteiger partial charge in [0.15, 0.2) is 0 Å². The molecular weight excluding hydrogens is 258 g/mol. The fourth-order valence-electron chi connectivity index (χ4n) is 4.28. The largest absolute Gasteiger partial charge is 0.388 e. The van der Waals surface area contributed by atoms with Crippen LogP contribution in [-0.4, -0.2) is 28.7 Å². The van der Waals surface area contributed by atoms with Gasteiger partial charge in [0.2, 0.25) is 0 Å². The van der Waals surface area contributed by atoms with E-state index < -0.39 is 5.60 Å². The van der Waals surface area contributed by atoms with Crippen molar-refractivity contribution in [2.24, 2.45) is 5.92 Å². The predicted octanol–water partition coefficient (Wildman–Crippen LogP) is 3.98. The van der Waals surface area contributed by atoms with Crippen LogP contribution in [0.25, 0.3) is 0 Å². The Morgan fingerprint density at radius 2 is 1.71 bits per heavy atom. The number of β-amino-alcohol motifs (C(OH)–C–C–N with tert-alkyl or cyclic N) is 1. The molecule has 1 aliphatic heterocycles. The smallest absolute Gasteiger partial charge is 0.0802 e. The summed E-state index contributed by atoms with van der Waals surface area (Å²) in [5.74, 6) is 0.526. The van der Waals surface area contributed by atoms with Gasteiger partial charge in [0.25, 0.3) is 0 Å². The van der Waals surface area contributed by atoms with Crippen LogP contribution in [0.15, 0.2) is 30.3 Å². The van der Waals surface area contributed by atoms with Gasteiger partial charge in [0.1, 0.15) is 0 Å². The highest BCUT2D eigenvalue weighted by molar-refractivity contribution is 5.14. The summed E-state index contributed by atoms with van der Waals surface area (Å²) >= 11 is 0. The van der Waals surface area contributed by atoms with Crippen molar-refractivity contribution >= 4 is 0 Å². The molecule has 1 aromatic rings. The van der Waals surface area contributed by atoms with Crippen molar-refractivity contribution < 1.29 is 5.11 Å². The van der Waals surface area contributed by atoms with E-state index in [2.05, 4.69) is 35.2 Å². The average Bonchev–Trinajstić information content (AvgIpc) is 2.78. The zero-order chi connectivity index (χ0) is 14.5. The molecule has 1 saturated heterocycles. The summed E-state index contributed by atoms with van der Waals surface area (Å²) in [6.07, 6.45) is 9.95. The van der Waals surface area contributed by atoms with Gasteiger partial charge in [-0.1, -0.05) is 56.0 Å². The molecule has 1 atom stereocenters. The summed E-state index contributed by atoms with van der Waals surface area (Å²) in [7, 11) is 0. The monoisotopic (exact) mass is 287 g/mol. The third kappa shape index (κ3) is 3.87. The fraction of sp³-hybridized carbons (Fsp3) is 0.684. The van der Waals surface area contributed by atoms with Crippen molar-refractivity contribution in [1.82, 2.24) is 4.90 Å². The van der Waals surface area contributed by atoms with E-state index in [-0.39, 0.29) is 0 Å². The Morgan fingerprint density at radius 3 is 2.43 bits per heavy atom. The van der Waals surface area contributed by atoms with Crippen molar-refractivity contribution in [3.63, 3.8) is 0 Å². The van der Waals surface area contributed by atoms with Crippen LogP contribution in [0.5, 0.6) is 0 Å². The Hall–Kier alpha value is -0.860. The summed E-state index contributed by atoms with van der Waals surface area (Å²) in [4.78, 5) is 2.46. The van der Waals surface area contributed by atoms with Gasteiger partial charge in [-0.05, 0) is 43.7 Å². The normalized spacial score (nSPS) is 29.2. The van der Waals surface area contributed by atoms with E-state index in [0.29, 0.717) is 5.92 Å². The zero-order valence-electron chi connectivity index (χ0n) is 13.1. The molecule has 2 fully saturated rings. The molecule has 0 spiro atoms. The highest BCUT2D eigenvalue weighted by Gasteiger charge is 2.40. The van der Waals surface area contributed by atoms with Gasteiger partial charge in [-0.2, -0.15) is 0 Å². The topological polar surface area (TPSA) is 23.5 Å². The molecule has 1 N–H and O–H groups in total. The molecule has 1 unspecified atom stereocenters. The second-order valence-corrected chi connectivity index (χ2v) is 7.09. The lowest BCUT2D eigenvalue weighted by Gasteiger charge is -2.44. The van der Waals surface area contributed by atoms with Gasteiger partial charge in [-0.3, -0.25) is 4.90 Å². The van der Waals surface area contributed by atoms with Gasteiger partial charge in [-0.15, -0.1) is 0 Å². The van der Waals surface area contributed by atoms with Crippen LogP contribution in [0.3, 0.4) is 0 Å². The quantitative estimate of drug-likeness (QED) is 0.850. The molecular formula is C19H29NO. The molecule has 1 saturated carbocycles. The Kier molecular flexibility index (Phi) is 4.97. The Balaban J connectivity index is 1.63. The maximum atomic E-state index is 11.2. The van der Waals surface area contributed by atoms with Gasteiger partial charge in [0.05, 0.1) is 5.60 Å². The molecule has 0 bridgehead atoms. The van der Waals surface area contributed by atoms with Crippen LogP contribution in [0.2, 0.25) is 0 Å². The van der Waals surface area contributed by atoms with Gasteiger partial charge in [-0.25, -0.2) is 0 Å². The van der Waals surface area contributed by atoms with E-state index in [9.17, 15) is 5.11 Å². The molecule has 1 aliphatic carbocycles.